The zero-order chi connectivity index (χ0) is 13.3. The number of hydrogen-bond donors (Lipinski definition) is 0. The molecule has 1 unspecified atom stereocenters. The molecule has 3 aliphatic rings. The summed E-state index contributed by atoms with van der Waals surface area (Å²) in [5.41, 5.74) is 0. The molecule has 2 aliphatic carbocycles. The summed E-state index contributed by atoms with van der Waals surface area (Å²) in [6.45, 7) is 0. The average molecular weight is 268 g/mol. The molecule has 4 nitrogen and oxygen atoms in total. The first-order chi connectivity index (χ1) is 9.25. The Hall–Kier alpha value is -0.610. The quantitative estimate of drug-likeness (QED) is 0.686. The van der Waals surface area contributed by atoms with Crippen LogP contribution in [0.3, 0.4) is 0 Å². The maximum absolute atomic E-state index is 12.0. The first-order valence-corrected chi connectivity index (χ1v) is 7.69. The minimum atomic E-state index is -0.683. The highest BCUT2D eigenvalue weighted by molar-refractivity contribution is 5.73. The Kier molecular flexibility index (Phi) is 3.81. The largest absolute Gasteiger partial charge is 0.469 e. The smallest absolute Gasteiger partial charge is 0.314 e. The number of rotatable bonds is 1. The lowest BCUT2D eigenvalue weighted by atomic mass is 9.83. The molecule has 1 saturated heterocycles. The van der Waals surface area contributed by atoms with E-state index in [1.165, 1.54) is 26.4 Å². The van der Waals surface area contributed by atoms with Gasteiger partial charge in [-0.3, -0.25) is 4.79 Å². The van der Waals surface area contributed by atoms with E-state index >= 15 is 0 Å². The molecule has 0 amide bonds. The van der Waals surface area contributed by atoms with Crippen molar-refractivity contribution in [3.63, 3.8) is 0 Å². The van der Waals surface area contributed by atoms with Crippen molar-refractivity contribution >= 4 is 5.97 Å². The highest BCUT2D eigenvalue weighted by Crippen LogP contribution is 2.47. The second kappa shape index (κ2) is 5.41. The molecule has 1 heterocycles. The zero-order valence-electron chi connectivity index (χ0n) is 11.7. The van der Waals surface area contributed by atoms with Crippen LogP contribution in [0.4, 0.5) is 0 Å². The Morgan fingerprint density at radius 1 is 1.00 bits per heavy atom. The van der Waals surface area contributed by atoms with Crippen LogP contribution in [0.5, 0.6) is 0 Å². The fraction of sp³-hybridized carbons (Fsp3) is 0.933. The lowest BCUT2D eigenvalue weighted by Gasteiger charge is -2.38. The van der Waals surface area contributed by atoms with Crippen molar-refractivity contribution in [2.75, 3.05) is 7.11 Å². The van der Waals surface area contributed by atoms with Crippen LogP contribution in [-0.2, 0) is 19.0 Å². The van der Waals surface area contributed by atoms with E-state index in [0.717, 1.165) is 38.5 Å². The van der Waals surface area contributed by atoms with E-state index in [2.05, 4.69) is 0 Å². The van der Waals surface area contributed by atoms with Gasteiger partial charge in [0.05, 0.1) is 19.3 Å². The number of carbonyl (C=O) groups excluding carboxylic acids is 1. The van der Waals surface area contributed by atoms with Crippen molar-refractivity contribution in [2.45, 2.75) is 75.8 Å². The summed E-state index contributed by atoms with van der Waals surface area (Å²) in [5, 5.41) is 0. The first kappa shape index (κ1) is 13.4. The summed E-state index contributed by atoms with van der Waals surface area (Å²) in [6, 6.07) is 0. The van der Waals surface area contributed by atoms with E-state index in [1.54, 1.807) is 0 Å². The molecule has 1 spiro atoms. The van der Waals surface area contributed by atoms with Gasteiger partial charge in [0.15, 0.2) is 5.79 Å². The highest BCUT2D eigenvalue weighted by atomic mass is 16.8. The van der Waals surface area contributed by atoms with Gasteiger partial charge in [-0.1, -0.05) is 25.7 Å². The Labute approximate surface area is 114 Å². The normalized spacial score (nSPS) is 37.6. The lowest BCUT2D eigenvalue weighted by Crippen LogP contribution is -2.47. The van der Waals surface area contributed by atoms with Crippen molar-refractivity contribution in [1.29, 1.82) is 0 Å². The molecule has 0 aromatic heterocycles. The summed E-state index contributed by atoms with van der Waals surface area (Å²) in [6.07, 6.45) is 10.0. The third-order valence-corrected chi connectivity index (χ3v) is 4.88. The first-order valence-electron chi connectivity index (χ1n) is 7.69. The van der Waals surface area contributed by atoms with Crippen LogP contribution in [0, 0.1) is 5.92 Å². The molecule has 0 N–H and O–H groups in total. The number of methoxy groups -OCH3 is 1. The number of ether oxygens (including phenoxy) is 3. The molecule has 1 aliphatic heterocycles. The van der Waals surface area contributed by atoms with Crippen LogP contribution in [0.15, 0.2) is 0 Å². The molecule has 3 fully saturated rings. The van der Waals surface area contributed by atoms with Crippen LogP contribution >= 0.6 is 0 Å². The fourth-order valence-electron chi connectivity index (χ4n) is 3.89. The number of carbonyl (C=O) groups is 1. The number of fused-ring (bicyclic) bond motifs is 1. The van der Waals surface area contributed by atoms with Gasteiger partial charge in [-0.05, 0) is 25.7 Å². The third kappa shape index (κ3) is 2.40. The topological polar surface area (TPSA) is 44.8 Å². The summed E-state index contributed by atoms with van der Waals surface area (Å²) in [4.78, 5) is 12.0. The SMILES string of the molecule is COC(=O)C1CCCCC12O[C@H]1CCCCC[C@@H]1O2. The van der Waals surface area contributed by atoms with E-state index in [1.807, 2.05) is 0 Å². The van der Waals surface area contributed by atoms with E-state index < -0.39 is 5.79 Å². The Bertz CT molecular complexity index is 327. The van der Waals surface area contributed by atoms with Crippen LogP contribution in [0.25, 0.3) is 0 Å². The molecule has 4 heteroatoms. The minimum Gasteiger partial charge on any atom is -0.469 e. The Morgan fingerprint density at radius 2 is 1.63 bits per heavy atom. The average Bonchev–Trinajstić information content (AvgIpc) is 2.62. The summed E-state index contributed by atoms with van der Waals surface area (Å²) < 4.78 is 17.5. The van der Waals surface area contributed by atoms with Gasteiger partial charge in [0.2, 0.25) is 0 Å². The molecular weight excluding hydrogens is 244 g/mol. The Balaban J connectivity index is 1.79. The molecule has 2 saturated carbocycles. The summed E-state index contributed by atoms with van der Waals surface area (Å²) >= 11 is 0. The van der Waals surface area contributed by atoms with Gasteiger partial charge in [-0.2, -0.15) is 0 Å². The summed E-state index contributed by atoms with van der Waals surface area (Å²) in [7, 11) is 1.46. The van der Waals surface area contributed by atoms with Gasteiger partial charge in [0.1, 0.15) is 5.92 Å². The molecule has 0 bridgehead atoms. The van der Waals surface area contributed by atoms with Gasteiger partial charge < -0.3 is 14.2 Å². The second-order valence-electron chi connectivity index (χ2n) is 6.08. The van der Waals surface area contributed by atoms with E-state index in [-0.39, 0.29) is 24.1 Å². The predicted octanol–water partition coefficient (Wildman–Crippen LogP) is 2.79. The van der Waals surface area contributed by atoms with Gasteiger partial charge in [0.25, 0.3) is 0 Å². The molecule has 108 valence electrons. The van der Waals surface area contributed by atoms with E-state index in [4.69, 9.17) is 14.2 Å². The van der Waals surface area contributed by atoms with Gasteiger partial charge >= 0.3 is 5.97 Å². The minimum absolute atomic E-state index is 0.170. The van der Waals surface area contributed by atoms with Crippen molar-refractivity contribution < 1.29 is 19.0 Å². The lowest BCUT2D eigenvalue weighted by molar-refractivity contribution is -0.233. The second-order valence-corrected chi connectivity index (χ2v) is 6.08. The van der Waals surface area contributed by atoms with Crippen molar-refractivity contribution in [1.82, 2.24) is 0 Å². The van der Waals surface area contributed by atoms with Gasteiger partial charge in [-0.25, -0.2) is 0 Å². The van der Waals surface area contributed by atoms with Crippen molar-refractivity contribution in [3.8, 4) is 0 Å². The van der Waals surface area contributed by atoms with E-state index in [0.29, 0.717) is 0 Å². The fourth-order valence-corrected chi connectivity index (χ4v) is 3.89. The molecule has 0 radical (unpaired) electrons. The van der Waals surface area contributed by atoms with Crippen LogP contribution < -0.4 is 0 Å². The zero-order valence-corrected chi connectivity index (χ0v) is 11.7. The van der Waals surface area contributed by atoms with Gasteiger partial charge in [-0.15, -0.1) is 0 Å². The third-order valence-electron chi connectivity index (χ3n) is 4.88. The maximum Gasteiger partial charge on any atom is 0.314 e. The van der Waals surface area contributed by atoms with E-state index in [9.17, 15) is 4.79 Å². The van der Waals surface area contributed by atoms with Crippen LogP contribution in [0.1, 0.15) is 57.8 Å². The van der Waals surface area contributed by atoms with Crippen molar-refractivity contribution in [3.05, 3.63) is 0 Å². The number of esters is 1. The van der Waals surface area contributed by atoms with Crippen molar-refractivity contribution in [2.24, 2.45) is 5.92 Å². The predicted molar refractivity (Wildman–Crippen MR) is 69.5 cm³/mol. The monoisotopic (exact) mass is 268 g/mol. The molecule has 19 heavy (non-hydrogen) atoms. The van der Waals surface area contributed by atoms with Crippen LogP contribution in [0.2, 0.25) is 0 Å². The molecule has 3 rings (SSSR count). The molecule has 0 aromatic carbocycles. The highest BCUT2D eigenvalue weighted by Gasteiger charge is 2.55. The van der Waals surface area contributed by atoms with Crippen LogP contribution in [-0.4, -0.2) is 31.1 Å². The molecule has 3 atom stereocenters. The molecule has 0 aromatic rings. The number of hydrogen-bond acceptors (Lipinski definition) is 4. The Morgan fingerprint density at radius 3 is 2.26 bits per heavy atom. The standard InChI is InChI=1S/C15H24O4/c1-17-14(16)11-7-5-6-10-15(11)18-12-8-3-2-4-9-13(12)19-15/h11-13H,2-10H2,1H3/t11?,12-,13-/m0/s1. The summed E-state index contributed by atoms with van der Waals surface area (Å²) in [5.74, 6) is -1.09. The molecular formula is C15H24O4. The van der Waals surface area contributed by atoms with Gasteiger partial charge in [0, 0.05) is 6.42 Å². The maximum atomic E-state index is 12.0.